The Labute approximate surface area is 140 Å². The van der Waals surface area contributed by atoms with Gasteiger partial charge in [0, 0.05) is 11.8 Å². The molecule has 5 heteroatoms. The summed E-state index contributed by atoms with van der Waals surface area (Å²) in [6.45, 7) is 3.56. The van der Waals surface area contributed by atoms with Gasteiger partial charge in [0.25, 0.3) is 0 Å². The van der Waals surface area contributed by atoms with Crippen LogP contribution in [0.4, 0.5) is 10.1 Å². The number of benzene rings is 2. The lowest BCUT2D eigenvalue weighted by molar-refractivity contribution is -0.111. The van der Waals surface area contributed by atoms with Crippen LogP contribution in [-0.4, -0.2) is 18.0 Å². The first-order chi connectivity index (χ1) is 11.4. The number of rotatable bonds is 5. The van der Waals surface area contributed by atoms with Gasteiger partial charge in [-0.05, 0) is 61.9 Å². The lowest BCUT2D eigenvalue weighted by Crippen LogP contribution is -2.12. The second-order valence-corrected chi connectivity index (χ2v) is 5.41. The maximum atomic E-state index is 12.8. The highest BCUT2D eigenvalue weighted by molar-refractivity contribution is 6.02. The first-order valence-electron chi connectivity index (χ1n) is 7.50. The molecular formula is C19H18FNO3. The highest BCUT2D eigenvalue weighted by Crippen LogP contribution is 2.12. The number of amides is 1. The van der Waals surface area contributed by atoms with Crippen LogP contribution in [0.2, 0.25) is 0 Å². The Bertz CT molecular complexity index is 734. The van der Waals surface area contributed by atoms with Crippen molar-refractivity contribution in [3.63, 3.8) is 0 Å². The molecule has 0 heterocycles. The normalized spacial score (nSPS) is 10.8. The van der Waals surface area contributed by atoms with Crippen LogP contribution >= 0.6 is 0 Å². The molecule has 0 atom stereocenters. The predicted molar refractivity (Wildman–Crippen MR) is 91.1 cm³/mol. The van der Waals surface area contributed by atoms with Crippen molar-refractivity contribution >= 4 is 23.6 Å². The van der Waals surface area contributed by atoms with Crippen LogP contribution in [0.15, 0.2) is 54.6 Å². The summed E-state index contributed by atoms with van der Waals surface area (Å²) in [5.41, 5.74) is 1.70. The van der Waals surface area contributed by atoms with Crippen molar-refractivity contribution in [2.24, 2.45) is 0 Å². The van der Waals surface area contributed by atoms with Crippen molar-refractivity contribution in [1.82, 2.24) is 0 Å². The molecule has 0 aliphatic heterocycles. The standard InChI is InChI=1S/C19H18FNO3/c1-13(2)24-19(23)15-6-10-17(11-7-15)21-18(22)12-5-14-3-8-16(20)9-4-14/h3-13H,1-2H3,(H,21,22). The number of ether oxygens (including phenoxy) is 1. The molecule has 0 saturated heterocycles. The Morgan fingerprint density at radius 1 is 1.04 bits per heavy atom. The van der Waals surface area contributed by atoms with Crippen molar-refractivity contribution in [2.75, 3.05) is 5.32 Å². The monoisotopic (exact) mass is 327 g/mol. The van der Waals surface area contributed by atoms with Crippen LogP contribution < -0.4 is 5.32 Å². The van der Waals surface area contributed by atoms with Gasteiger partial charge in [-0.1, -0.05) is 12.1 Å². The van der Waals surface area contributed by atoms with Crippen molar-refractivity contribution in [3.05, 3.63) is 71.6 Å². The first-order valence-corrected chi connectivity index (χ1v) is 7.50. The summed E-state index contributed by atoms with van der Waals surface area (Å²) >= 11 is 0. The molecule has 124 valence electrons. The van der Waals surface area contributed by atoms with E-state index in [4.69, 9.17) is 4.74 Å². The highest BCUT2D eigenvalue weighted by atomic mass is 19.1. The van der Waals surface area contributed by atoms with E-state index in [2.05, 4.69) is 5.32 Å². The molecule has 1 N–H and O–H groups in total. The summed E-state index contributed by atoms with van der Waals surface area (Å²) in [5, 5.41) is 2.68. The molecule has 0 saturated carbocycles. The van der Waals surface area contributed by atoms with Crippen LogP contribution in [0.3, 0.4) is 0 Å². The molecule has 0 radical (unpaired) electrons. The third-order valence-electron chi connectivity index (χ3n) is 3.03. The molecule has 0 aliphatic rings. The van der Waals surface area contributed by atoms with Gasteiger partial charge in [0.1, 0.15) is 5.82 Å². The summed E-state index contributed by atoms with van der Waals surface area (Å²) in [5.74, 6) is -1.05. The van der Waals surface area contributed by atoms with Crippen LogP contribution in [0, 0.1) is 5.82 Å². The molecule has 1 amide bonds. The van der Waals surface area contributed by atoms with Crippen molar-refractivity contribution in [2.45, 2.75) is 20.0 Å². The number of hydrogen-bond donors (Lipinski definition) is 1. The van der Waals surface area contributed by atoms with E-state index in [0.29, 0.717) is 11.3 Å². The minimum Gasteiger partial charge on any atom is -0.459 e. The zero-order valence-electron chi connectivity index (χ0n) is 13.5. The van der Waals surface area contributed by atoms with Gasteiger partial charge < -0.3 is 10.1 Å². The molecule has 2 rings (SSSR count). The Kier molecular flexibility index (Phi) is 5.84. The second-order valence-electron chi connectivity index (χ2n) is 5.41. The fourth-order valence-electron chi connectivity index (χ4n) is 1.90. The molecule has 0 fully saturated rings. The van der Waals surface area contributed by atoms with Gasteiger partial charge in [0.2, 0.25) is 5.91 Å². The van der Waals surface area contributed by atoms with Gasteiger partial charge in [0.05, 0.1) is 11.7 Å². The smallest absolute Gasteiger partial charge is 0.338 e. The van der Waals surface area contributed by atoms with Gasteiger partial charge in [-0.25, -0.2) is 9.18 Å². The molecule has 2 aromatic carbocycles. The maximum Gasteiger partial charge on any atom is 0.338 e. The maximum absolute atomic E-state index is 12.8. The number of hydrogen-bond acceptors (Lipinski definition) is 3. The van der Waals surface area contributed by atoms with E-state index in [1.54, 1.807) is 56.3 Å². The molecule has 0 bridgehead atoms. The van der Waals surface area contributed by atoms with Gasteiger partial charge in [-0.2, -0.15) is 0 Å². The van der Waals surface area contributed by atoms with E-state index in [-0.39, 0.29) is 17.8 Å². The molecule has 24 heavy (non-hydrogen) atoms. The van der Waals surface area contributed by atoms with Crippen LogP contribution in [-0.2, 0) is 9.53 Å². The molecule has 0 aliphatic carbocycles. The predicted octanol–water partition coefficient (Wildman–Crippen LogP) is 4.04. The molecule has 0 unspecified atom stereocenters. The molecular weight excluding hydrogens is 309 g/mol. The number of carbonyl (C=O) groups excluding carboxylic acids is 2. The third-order valence-corrected chi connectivity index (χ3v) is 3.03. The van der Waals surface area contributed by atoms with E-state index in [9.17, 15) is 14.0 Å². The number of nitrogens with one attached hydrogen (secondary N) is 1. The summed E-state index contributed by atoms with van der Waals surface area (Å²) in [7, 11) is 0. The molecule has 2 aromatic rings. The number of halogens is 1. The van der Waals surface area contributed by atoms with E-state index < -0.39 is 5.97 Å². The van der Waals surface area contributed by atoms with Crippen LogP contribution in [0.25, 0.3) is 6.08 Å². The molecule has 0 spiro atoms. The first kappa shape index (κ1) is 17.4. The number of esters is 1. The summed E-state index contributed by atoms with van der Waals surface area (Å²) in [4.78, 5) is 23.6. The topological polar surface area (TPSA) is 55.4 Å². The van der Waals surface area contributed by atoms with Crippen LogP contribution in [0.1, 0.15) is 29.8 Å². The van der Waals surface area contributed by atoms with E-state index in [1.165, 1.54) is 18.2 Å². The zero-order chi connectivity index (χ0) is 17.5. The van der Waals surface area contributed by atoms with E-state index in [1.807, 2.05) is 0 Å². The third kappa shape index (κ3) is 5.35. The fourth-order valence-corrected chi connectivity index (χ4v) is 1.90. The Morgan fingerprint density at radius 3 is 2.25 bits per heavy atom. The summed E-state index contributed by atoms with van der Waals surface area (Å²) in [6.07, 6.45) is 2.76. The van der Waals surface area contributed by atoms with E-state index >= 15 is 0 Å². The van der Waals surface area contributed by atoms with Gasteiger partial charge >= 0.3 is 5.97 Å². The van der Waals surface area contributed by atoms with Gasteiger partial charge in [0.15, 0.2) is 0 Å². The molecule has 0 aromatic heterocycles. The zero-order valence-corrected chi connectivity index (χ0v) is 13.5. The average Bonchev–Trinajstić information content (AvgIpc) is 2.54. The van der Waals surface area contributed by atoms with Gasteiger partial charge in [-0.15, -0.1) is 0 Å². The Morgan fingerprint density at radius 2 is 1.67 bits per heavy atom. The van der Waals surface area contributed by atoms with Crippen molar-refractivity contribution < 1.29 is 18.7 Å². The highest BCUT2D eigenvalue weighted by Gasteiger charge is 2.09. The van der Waals surface area contributed by atoms with Crippen LogP contribution in [0.5, 0.6) is 0 Å². The lowest BCUT2D eigenvalue weighted by atomic mass is 10.2. The molecule has 4 nitrogen and oxygen atoms in total. The summed E-state index contributed by atoms with van der Waals surface area (Å²) < 4.78 is 17.9. The SMILES string of the molecule is CC(C)OC(=O)c1ccc(NC(=O)C=Cc2ccc(F)cc2)cc1. The number of anilines is 1. The number of carbonyl (C=O) groups is 2. The Balaban J connectivity index is 1.94. The van der Waals surface area contributed by atoms with E-state index in [0.717, 1.165) is 5.56 Å². The Hall–Kier alpha value is -2.95. The second kappa shape index (κ2) is 8.06. The largest absolute Gasteiger partial charge is 0.459 e. The summed E-state index contributed by atoms with van der Waals surface area (Å²) in [6, 6.07) is 12.2. The lowest BCUT2D eigenvalue weighted by Gasteiger charge is -2.08. The van der Waals surface area contributed by atoms with Crippen molar-refractivity contribution in [3.8, 4) is 0 Å². The van der Waals surface area contributed by atoms with Crippen molar-refractivity contribution in [1.29, 1.82) is 0 Å². The minimum atomic E-state index is -0.404. The minimum absolute atomic E-state index is 0.187. The average molecular weight is 327 g/mol. The quantitative estimate of drug-likeness (QED) is 0.666. The van der Waals surface area contributed by atoms with Gasteiger partial charge in [-0.3, -0.25) is 4.79 Å². The fraction of sp³-hybridized carbons (Fsp3) is 0.158.